The van der Waals surface area contributed by atoms with Gasteiger partial charge in [-0.25, -0.2) is 0 Å². The van der Waals surface area contributed by atoms with Crippen LogP contribution in [-0.4, -0.2) is 59.1 Å². The van der Waals surface area contributed by atoms with Crippen molar-refractivity contribution < 1.29 is 9.53 Å². The maximum atomic E-state index is 11.5. The number of benzene rings is 1. The number of fused-ring (bicyclic) bond motifs is 1. The molecule has 2 aromatic rings. The molecule has 28 heavy (non-hydrogen) atoms. The summed E-state index contributed by atoms with van der Waals surface area (Å²) in [5.74, 6) is 1.16. The van der Waals surface area contributed by atoms with Crippen molar-refractivity contribution in [3.8, 4) is 5.75 Å². The molecule has 2 aliphatic heterocycles. The van der Waals surface area contributed by atoms with Crippen LogP contribution in [0.4, 0.5) is 0 Å². The van der Waals surface area contributed by atoms with Gasteiger partial charge in [0.25, 0.3) is 0 Å². The lowest BCUT2D eigenvalue weighted by Gasteiger charge is -2.32. The van der Waals surface area contributed by atoms with Crippen LogP contribution in [0, 0.1) is 0 Å². The molecule has 1 atom stereocenters. The van der Waals surface area contributed by atoms with Crippen molar-refractivity contribution in [2.24, 2.45) is 0 Å². The van der Waals surface area contributed by atoms with Gasteiger partial charge in [-0.15, -0.1) is 0 Å². The monoisotopic (exact) mass is 383 g/mol. The molecule has 5 heteroatoms. The van der Waals surface area contributed by atoms with Crippen molar-refractivity contribution in [3.63, 3.8) is 0 Å². The zero-order chi connectivity index (χ0) is 19.5. The lowest BCUT2D eigenvalue weighted by atomic mass is 10.0. The van der Waals surface area contributed by atoms with Crippen LogP contribution in [0.5, 0.6) is 5.75 Å². The average Bonchev–Trinajstić information content (AvgIpc) is 3.31. The van der Waals surface area contributed by atoms with Crippen LogP contribution in [0.1, 0.15) is 52.0 Å². The Kier molecular flexibility index (Phi) is 5.90. The van der Waals surface area contributed by atoms with Gasteiger partial charge in [0.05, 0.1) is 6.61 Å². The zero-order valence-electron chi connectivity index (χ0n) is 17.3. The fourth-order valence-electron chi connectivity index (χ4n) is 4.79. The molecule has 0 spiro atoms. The van der Waals surface area contributed by atoms with E-state index in [0.29, 0.717) is 6.04 Å². The Morgan fingerprint density at radius 1 is 1.14 bits per heavy atom. The summed E-state index contributed by atoms with van der Waals surface area (Å²) >= 11 is 0. The Balaban J connectivity index is 1.32. The standard InChI is InChI=1S/C23H33N3O2/c1-18-5-3-11-24(18)12-4-16-28-22-6-7-23-20(17-22)8-15-26(23)21-9-13-25(14-10-21)19(2)27/h6-8,15,17-18,21H,3-5,9-14,16H2,1-2H3/t18-/m1/s1. The van der Waals surface area contributed by atoms with E-state index in [4.69, 9.17) is 4.74 Å². The van der Waals surface area contributed by atoms with Crippen LogP contribution in [0.15, 0.2) is 30.5 Å². The molecule has 0 saturated carbocycles. The highest BCUT2D eigenvalue weighted by Crippen LogP contribution is 2.30. The van der Waals surface area contributed by atoms with Gasteiger partial charge >= 0.3 is 0 Å². The summed E-state index contributed by atoms with van der Waals surface area (Å²) < 4.78 is 8.40. The fourth-order valence-corrected chi connectivity index (χ4v) is 4.79. The molecule has 4 rings (SSSR count). The second-order valence-electron chi connectivity index (χ2n) is 8.41. The Bertz CT molecular complexity index is 807. The molecule has 1 amide bonds. The van der Waals surface area contributed by atoms with Gasteiger partial charge in [0, 0.05) is 55.7 Å². The number of ether oxygens (including phenoxy) is 1. The van der Waals surface area contributed by atoms with E-state index in [1.165, 1.54) is 30.3 Å². The molecule has 1 aromatic heterocycles. The van der Waals surface area contributed by atoms with Gasteiger partial charge in [0.15, 0.2) is 0 Å². The Morgan fingerprint density at radius 3 is 2.68 bits per heavy atom. The predicted molar refractivity (Wildman–Crippen MR) is 113 cm³/mol. The third kappa shape index (κ3) is 4.19. The highest BCUT2D eigenvalue weighted by atomic mass is 16.5. The lowest BCUT2D eigenvalue weighted by molar-refractivity contribution is -0.130. The van der Waals surface area contributed by atoms with Crippen molar-refractivity contribution in [3.05, 3.63) is 30.5 Å². The summed E-state index contributed by atoms with van der Waals surface area (Å²) in [4.78, 5) is 16.1. The second kappa shape index (κ2) is 8.56. The molecule has 2 aliphatic rings. The van der Waals surface area contributed by atoms with Crippen molar-refractivity contribution >= 4 is 16.8 Å². The Morgan fingerprint density at radius 2 is 1.96 bits per heavy atom. The van der Waals surface area contributed by atoms with Gasteiger partial charge in [-0.05, 0) is 69.8 Å². The number of hydrogen-bond acceptors (Lipinski definition) is 3. The summed E-state index contributed by atoms with van der Waals surface area (Å²) in [5, 5.41) is 1.24. The summed E-state index contributed by atoms with van der Waals surface area (Å²) in [6, 6.07) is 9.84. The van der Waals surface area contributed by atoms with E-state index in [0.717, 1.165) is 57.3 Å². The molecule has 1 aromatic carbocycles. The summed E-state index contributed by atoms with van der Waals surface area (Å²) in [7, 11) is 0. The topological polar surface area (TPSA) is 37.7 Å². The minimum atomic E-state index is 0.191. The minimum absolute atomic E-state index is 0.191. The average molecular weight is 384 g/mol. The summed E-state index contributed by atoms with van der Waals surface area (Å²) in [6.07, 6.45) is 7.99. The third-order valence-corrected chi connectivity index (χ3v) is 6.54. The molecule has 2 saturated heterocycles. The van der Waals surface area contributed by atoms with Crippen molar-refractivity contribution in [1.29, 1.82) is 0 Å². The molecule has 0 bridgehead atoms. The van der Waals surface area contributed by atoms with E-state index >= 15 is 0 Å². The van der Waals surface area contributed by atoms with E-state index in [2.05, 4.69) is 46.9 Å². The molecular formula is C23H33N3O2. The number of aromatic nitrogens is 1. The molecule has 3 heterocycles. The first kappa shape index (κ1) is 19.3. The van der Waals surface area contributed by atoms with Crippen LogP contribution in [-0.2, 0) is 4.79 Å². The van der Waals surface area contributed by atoms with Crippen LogP contribution in [0.2, 0.25) is 0 Å². The van der Waals surface area contributed by atoms with Gasteiger partial charge in [0.2, 0.25) is 5.91 Å². The molecule has 152 valence electrons. The number of rotatable bonds is 6. The number of carbonyl (C=O) groups is 1. The molecule has 0 N–H and O–H groups in total. The largest absolute Gasteiger partial charge is 0.494 e. The smallest absolute Gasteiger partial charge is 0.219 e. The third-order valence-electron chi connectivity index (χ3n) is 6.54. The van der Waals surface area contributed by atoms with Crippen LogP contribution >= 0.6 is 0 Å². The zero-order valence-corrected chi connectivity index (χ0v) is 17.3. The van der Waals surface area contributed by atoms with Crippen molar-refractivity contribution in [2.75, 3.05) is 32.8 Å². The van der Waals surface area contributed by atoms with E-state index in [1.807, 2.05) is 4.90 Å². The van der Waals surface area contributed by atoms with Gasteiger partial charge in [0.1, 0.15) is 5.75 Å². The van der Waals surface area contributed by atoms with Crippen molar-refractivity contribution in [1.82, 2.24) is 14.4 Å². The maximum Gasteiger partial charge on any atom is 0.219 e. The highest BCUT2D eigenvalue weighted by Gasteiger charge is 2.23. The molecule has 0 aliphatic carbocycles. The van der Waals surface area contributed by atoms with Crippen LogP contribution in [0.3, 0.4) is 0 Å². The highest BCUT2D eigenvalue weighted by molar-refractivity contribution is 5.82. The van der Waals surface area contributed by atoms with Crippen LogP contribution < -0.4 is 4.74 Å². The first-order chi connectivity index (χ1) is 13.6. The van der Waals surface area contributed by atoms with E-state index in [9.17, 15) is 4.79 Å². The summed E-state index contributed by atoms with van der Waals surface area (Å²) in [5.41, 5.74) is 1.26. The fraction of sp³-hybridized carbons (Fsp3) is 0.609. The van der Waals surface area contributed by atoms with Crippen molar-refractivity contribution in [2.45, 2.75) is 58.0 Å². The normalized spacial score (nSPS) is 21.5. The summed E-state index contributed by atoms with van der Waals surface area (Å²) in [6.45, 7) is 8.87. The van der Waals surface area contributed by atoms with E-state index < -0.39 is 0 Å². The molecule has 0 unspecified atom stereocenters. The molecule has 0 radical (unpaired) electrons. The first-order valence-corrected chi connectivity index (χ1v) is 10.8. The van der Waals surface area contributed by atoms with E-state index in [1.54, 1.807) is 6.92 Å². The number of hydrogen-bond donors (Lipinski definition) is 0. The Hall–Kier alpha value is -2.01. The maximum absolute atomic E-state index is 11.5. The van der Waals surface area contributed by atoms with E-state index in [-0.39, 0.29) is 5.91 Å². The molecular weight excluding hydrogens is 350 g/mol. The molecule has 5 nitrogen and oxygen atoms in total. The minimum Gasteiger partial charge on any atom is -0.494 e. The van der Waals surface area contributed by atoms with Gasteiger partial charge in [-0.3, -0.25) is 4.79 Å². The van der Waals surface area contributed by atoms with Gasteiger partial charge in [-0.1, -0.05) is 0 Å². The quantitative estimate of drug-likeness (QED) is 0.706. The number of nitrogens with zero attached hydrogens (tertiary/aromatic N) is 3. The predicted octanol–water partition coefficient (Wildman–Crippen LogP) is 4.08. The SMILES string of the molecule is CC(=O)N1CCC(n2ccc3cc(OCCCN4CCC[C@H]4C)ccc32)CC1. The Labute approximate surface area is 168 Å². The number of piperidine rings is 1. The van der Waals surface area contributed by atoms with Crippen LogP contribution in [0.25, 0.3) is 10.9 Å². The number of amides is 1. The number of likely N-dealkylation sites (tertiary alicyclic amines) is 2. The molecule has 2 fully saturated rings. The second-order valence-corrected chi connectivity index (χ2v) is 8.41. The van der Waals surface area contributed by atoms with Gasteiger partial charge in [-0.2, -0.15) is 0 Å². The van der Waals surface area contributed by atoms with Gasteiger partial charge < -0.3 is 19.1 Å². The lowest BCUT2D eigenvalue weighted by Crippen LogP contribution is -2.37. The first-order valence-electron chi connectivity index (χ1n) is 10.8. The number of carbonyl (C=O) groups excluding carboxylic acids is 1.